The van der Waals surface area contributed by atoms with Crippen molar-refractivity contribution in [1.29, 1.82) is 0 Å². The molecule has 9 heteroatoms. The van der Waals surface area contributed by atoms with Crippen LogP contribution in [0.25, 0.3) is 0 Å². The third-order valence-electron chi connectivity index (χ3n) is 4.52. The van der Waals surface area contributed by atoms with Crippen molar-refractivity contribution in [2.24, 2.45) is 5.73 Å². The fraction of sp³-hybridized carbons (Fsp3) is 0.389. The predicted octanol–water partition coefficient (Wildman–Crippen LogP) is -0.759. The first kappa shape index (κ1) is 18.9. The third-order valence-corrected chi connectivity index (χ3v) is 4.52. The van der Waals surface area contributed by atoms with Crippen molar-refractivity contribution >= 4 is 5.91 Å². The Morgan fingerprint density at radius 1 is 1.37 bits per heavy atom. The zero-order chi connectivity index (χ0) is 19.6. The van der Waals surface area contributed by atoms with Gasteiger partial charge >= 0.3 is 5.69 Å². The molecule has 2 heterocycles. The molecule has 0 radical (unpaired) electrons. The fourth-order valence-electron chi connectivity index (χ4n) is 3.12. The number of aliphatic hydroxyl groups excluding tert-OH is 1. The minimum Gasteiger partial charge on any atom is -0.492 e. The lowest BCUT2D eigenvalue weighted by molar-refractivity contribution is 0.0764. The Hall–Kier alpha value is -2.91. The first-order valence-corrected chi connectivity index (χ1v) is 8.63. The number of aromatic amines is 1. The van der Waals surface area contributed by atoms with Gasteiger partial charge in [-0.25, -0.2) is 4.79 Å². The van der Waals surface area contributed by atoms with Gasteiger partial charge in [-0.2, -0.15) is 0 Å². The van der Waals surface area contributed by atoms with Crippen LogP contribution in [-0.2, 0) is 0 Å². The average molecular weight is 374 g/mol. The number of hydrogen-bond acceptors (Lipinski definition) is 6. The van der Waals surface area contributed by atoms with Crippen LogP contribution in [-0.4, -0.2) is 57.8 Å². The van der Waals surface area contributed by atoms with Gasteiger partial charge in [-0.05, 0) is 25.1 Å². The number of rotatable bonds is 5. The highest BCUT2D eigenvalue weighted by Crippen LogP contribution is 2.24. The maximum absolute atomic E-state index is 12.8. The summed E-state index contributed by atoms with van der Waals surface area (Å²) < 4.78 is 6.71. The molecule has 27 heavy (non-hydrogen) atoms. The van der Waals surface area contributed by atoms with E-state index in [0.717, 1.165) is 0 Å². The summed E-state index contributed by atoms with van der Waals surface area (Å²) in [7, 11) is 0. The van der Waals surface area contributed by atoms with Crippen molar-refractivity contribution in [1.82, 2.24) is 14.5 Å². The fourth-order valence-corrected chi connectivity index (χ4v) is 3.12. The van der Waals surface area contributed by atoms with Gasteiger partial charge in [-0.1, -0.05) is 6.07 Å². The van der Waals surface area contributed by atoms with Crippen LogP contribution in [0.5, 0.6) is 5.75 Å². The molecule has 1 aliphatic heterocycles. The van der Waals surface area contributed by atoms with Crippen LogP contribution < -0.4 is 21.7 Å². The molecule has 2 atom stereocenters. The second kappa shape index (κ2) is 7.77. The lowest BCUT2D eigenvalue weighted by atomic mass is 10.2. The number of amides is 1. The molecule has 3 rings (SSSR count). The average Bonchev–Trinajstić information content (AvgIpc) is 3.04. The lowest BCUT2D eigenvalue weighted by Gasteiger charge is -2.18. The number of ether oxygens (including phenoxy) is 1. The van der Waals surface area contributed by atoms with Crippen LogP contribution in [0.15, 0.2) is 40.1 Å². The summed E-state index contributed by atoms with van der Waals surface area (Å²) >= 11 is 0. The number of nitrogens with zero attached hydrogens (tertiary/aromatic N) is 2. The minimum atomic E-state index is -0.923. The van der Waals surface area contributed by atoms with Crippen molar-refractivity contribution in [3.05, 3.63) is 62.4 Å². The number of carbonyl (C=O) groups is 1. The Bertz CT molecular complexity index is 951. The van der Waals surface area contributed by atoms with Crippen molar-refractivity contribution in [3.63, 3.8) is 0 Å². The molecule has 0 unspecified atom stereocenters. The summed E-state index contributed by atoms with van der Waals surface area (Å²) in [5, 5.41) is 10.4. The number of hydrogen-bond donors (Lipinski definition) is 3. The van der Waals surface area contributed by atoms with E-state index in [0.29, 0.717) is 30.0 Å². The van der Waals surface area contributed by atoms with Gasteiger partial charge in [-0.3, -0.25) is 19.1 Å². The Labute approximate surface area is 155 Å². The number of nitrogens with one attached hydrogen (secondary N) is 1. The SMILES string of the molecule is Cc1cn([C@@H]2CN(C(=O)c3cccc(OCCN)c3)C[C@H]2O)c(=O)[nH]c1=O. The van der Waals surface area contributed by atoms with Crippen LogP contribution in [0.3, 0.4) is 0 Å². The molecule has 2 aromatic rings. The van der Waals surface area contributed by atoms with Crippen LogP contribution in [0, 0.1) is 6.92 Å². The monoisotopic (exact) mass is 374 g/mol. The van der Waals surface area contributed by atoms with E-state index in [2.05, 4.69) is 4.98 Å². The highest BCUT2D eigenvalue weighted by molar-refractivity contribution is 5.94. The summed E-state index contributed by atoms with van der Waals surface area (Å²) in [6.07, 6.45) is 0.484. The number of carbonyl (C=O) groups excluding carboxylic acids is 1. The number of aromatic nitrogens is 2. The molecular weight excluding hydrogens is 352 g/mol. The van der Waals surface area contributed by atoms with E-state index in [1.807, 2.05) is 0 Å². The van der Waals surface area contributed by atoms with E-state index in [-0.39, 0.29) is 19.0 Å². The van der Waals surface area contributed by atoms with Crippen molar-refractivity contribution in [2.45, 2.75) is 19.1 Å². The Kier molecular flexibility index (Phi) is 5.43. The Morgan fingerprint density at radius 2 is 2.15 bits per heavy atom. The first-order chi connectivity index (χ1) is 12.9. The molecular formula is C18H22N4O5. The van der Waals surface area contributed by atoms with Crippen LogP contribution in [0.1, 0.15) is 22.0 Å². The van der Waals surface area contributed by atoms with Crippen molar-refractivity contribution < 1.29 is 14.6 Å². The molecule has 9 nitrogen and oxygen atoms in total. The highest BCUT2D eigenvalue weighted by atomic mass is 16.5. The van der Waals surface area contributed by atoms with E-state index < -0.39 is 23.4 Å². The zero-order valence-electron chi connectivity index (χ0n) is 14.9. The molecule has 0 bridgehead atoms. The number of β-amino-alcohol motifs (C(OH)–C–C–N with tert-alkyl or cyclic N) is 1. The molecule has 1 fully saturated rings. The standard InChI is InChI=1S/C18H22N4O5/c1-11-8-22(18(26)20-16(11)24)14-9-21(10-15(14)23)17(25)12-3-2-4-13(7-12)27-6-5-19/h2-4,7-8,14-15,23H,5-6,9-10,19H2,1H3,(H,20,24,26)/t14-,15-/m1/s1. The molecule has 1 aromatic carbocycles. The van der Waals surface area contributed by atoms with Crippen LogP contribution in [0.2, 0.25) is 0 Å². The first-order valence-electron chi connectivity index (χ1n) is 8.63. The molecule has 1 saturated heterocycles. The predicted molar refractivity (Wildman–Crippen MR) is 98.0 cm³/mol. The zero-order valence-corrected chi connectivity index (χ0v) is 14.9. The molecule has 144 valence electrons. The largest absolute Gasteiger partial charge is 0.492 e. The number of nitrogens with two attached hydrogens (primary N) is 1. The van der Waals surface area contributed by atoms with Crippen LogP contribution >= 0.6 is 0 Å². The smallest absolute Gasteiger partial charge is 0.328 e. The van der Waals surface area contributed by atoms with Gasteiger partial charge < -0.3 is 20.5 Å². The summed E-state index contributed by atoms with van der Waals surface area (Å²) in [6, 6.07) is 6.09. The number of benzene rings is 1. The number of aryl methyl sites for hydroxylation is 1. The molecule has 4 N–H and O–H groups in total. The maximum Gasteiger partial charge on any atom is 0.328 e. The number of likely N-dealkylation sites (tertiary alicyclic amines) is 1. The molecule has 0 spiro atoms. The third kappa shape index (κ3) is 3.93. The number of aliphatic hydroxyl groups is 1. The van der Waals surface area contributed by atoms with E-state index in [1.165, 1.54) is 15.7 Å². The van der Waals surface area contributed by atoms with Gasteiger partial charge in [0.1, 0.15) is 12.4 Å². The van der Waals surface area contributed by atoms with Gasteiger partial charge in [0.15, 0.2) is 0 Å². The quantitative estimate of drug-likeness (QED) is 0.631. The number of H-pyrrole nitrogens is 1. The van der Waals surface area contributed by atoms with E-state index in [4.69, 9.17) is 10.5 Å². The van der Waals surface area contributed by atoms with Gasteiger partial charge in [-0.15, -0.1) is 0 Å². The van der Waals surface area contributed by atoms with E-state index in [9.17, 15) is 19.5 Å². The molecule has 1 amide bonds. The summed E-state index contributed by atoms with van der Waals surface area (Å²) in [6.45, 7) is 2.52. The lowest BCUT2D eigenvalue weighted by Crippen LogP contribution is -2.37. The van der Waals surface area contributed by atoms with Gasteiger partial charge in [0.05, 0.1) is 12.1 Å². The van der Waals surface area contributed by atoms with E-state index in [1.54, 1.807) is 31.2 Å². The molecule has 1 aliphatic rings. The summed E-state index contributed by atoms with van der Waals surface area (Å²) in [5.74, 6) is 0.263. The second-order valence-corrected chi connectivity index (χ2v) is 6.49. The molecule has 0 aliphatic carbocycles. The second-order valence-electron chi connectivity index (χ2n) is 6.49. The van der Waals surface area contributed by atoms with E-state index >= 15 is 0 Å². The topological polar surface area (TPSA) is 131 Å². The minimum absolute atomic E-state index is 0.0853. The van der Waals surface area contributed by atoms with Gasteiger partial charge in [0.2, 0.25) is 0 Å². The maximum atomic E-state index is 12.8. The Morgan fingerprint density at radius 3 is 2.89 bits per heavy atom. The highest BCUT2D eigenvalue weighted by Gasteiger charge is 2.36. The molecule has 0 saturated carbocycles. The van der Waals surface area contributed by atoms with Gasteiger partial charge in [0, 0.05) is 37.0 Å². The normalized spacial score (nSPS) is 19.3. The van der Waals surface area contributed by atoms with Crippen LogP contribution in [0.4, 0.5) is 0 Å². The summed E-state index contributed by atoms with van der Waals surface area (Å²) in [5.41, 5.74) is 5.11. The van der Waals surface area contributed by atoms with Crippen molar-refractivity contribution in [3.8, 4) is 5.75 Å². The van der Waals surface area contributed by atoms with Crippen molar-refractivity contribution in [2.75, 3.05) is 26.2 Å². The summed E-state index contributed by atoms with van der Waals surface area (Å²) in [4.78, 5) is 40.1. The Balaban J connectivity index is 1.80. The molecule has 1 aromatic heterocycles. The van der Waals surface area contributed by atoms with Gasteiger partial charge in [0.25, 0.3) is 11.5 Å².